The smallest absolute Gasteiger partial charge is 0.304 e. The van der Waals surface area contributed by atoms with Crippen LogP contribution in [-0.2, 0) is 0 Å². The molecule has 7 heteroatoms. The predicted molar refractivity (Wildman–Crippen MR) is 124 cm³/mol. The summed E-state index contributed by atoms with van der Waals surface area (Å²) in [5.41, 5.74) is 2.40. The van der Waals surface area contributed by atoms with E-state index >= 15 is 0 Å². The van der Waals surface area contributed by atoms with Gasteiger partial charge in [0.25, 0.3) is 5.91 Å². The lowest BCUT2D eigenvalue weighted by molar-refractivity contribution is 0.0984. The number of likely N-dealkylation sites (N-methyl/N-ethyl adjacent to an activating group) is 1. The minimum absolute atomic E-state index is 0.299. The number of hydrogen-bond donors (Lipinski definition) is 2. The second-order valence-corrected chi connectivity index (χ2v) is 8.09. The molecule has 2 amide bonds. The van der Waals surface area contributed by atoms with Gasteiger partial charge in [0, 0.05) is 48.5 Å². The fraction of sp³-hybridized carbons (Fsp3) is 0.217. The van der Waals surface area contributed by atoms with Gasteiger partial charge in [0.05, 0.1) is 11.9 Å². The summed E-state index contributed by atoms with van der Waals surface area (Å²) in [6, 6.07) is 21.0. The Hall–Kier alpha value is -3.03. The molecule has 1 fully saturated rings. The standard InChI is InChI=1S/C23H24N4O2S/c1-26-12-14-27(15-13-26)21-9-5-8-17-10-11-19(16-20(17)21)24-23(29)30-25-22(28)18-6-3-2-4-7-18/h2-11,16H,12-15H2,1H3,(H,24,29)(H,25,28). The van der Waals surface area contributed by atoms with Crippen LogP contribution in [0.1, 0.15) is 10.4 Å². The second kappa shape index (κ2) is 9.19. The van der Waals surface area contributed by atoms with Crippen molar-refractivity contribution in [1.82, 2.24) is 9.62 Å². The van der Waals surface area contributed by atoms with Crippen molar-refractivity contribution in [3.05, 3.63) is 72.3 Å². The summed E-state index contributed by atoms with van der Waals surface area (Å²) in [6.45, 7) is 4.02. The highest BCUT2D eigenvalue weighted by Gasteiger charge is 2.17. The summed E-state index contributed by atoms with van der Waals surface area (Å²) in [6.07, 6.45) is 0. The predicted octanol–water partition coefficient (Wildman–Crippen LogP) is 4.20. The van der Waals surface area contributed by atoms with Gasteiger partial charge in [-0.15, -0.1) is 0 Å². The number of carbonyl (C=O) groups is 2. The van der Waals surface area contributed by atoms with Gasteiger partial charge in [0.1, 0.15) is 0 Å². The van der Waals surface area contributed by atoms with Crippen LogP contribution in [-0.4, -0.2) is 49.3 Å². The van der Waals surface area contributed by atoms with E-state index < -0.39 is 0 Å². The first kappa shape index (κ1) is 20.3. The summed E-state index contributed by atoms with van der Waals surface area (Å²) >= 11 is 0.747. The van der Waals surface area contributed by atoms with Crippen LogP contribution in [0, 0.1) is 0 Å². The summed E-state index contributed by atoms with van der Waals surface area (Å²) in [5, 5.41) is 4.77. The van der Waals surface area contributed by atoms with E-state index in [2.05, 4.69) is 45.1 Å². The molecule has 0 atom stereocenters. The van der Waals surface area contributed by atoms with Gasteiger partial charge in [-0.25, -0.2) is 0 Å². The van der Waals surface area contributed by atoms with Crippen molar-refractivity contribution in [2.24, 2.45) is 0 Å². The zero-order chi connectivity index (χ0) is 20.9. The van der Waals surface area contributed by atoms with E-state index in [0.717, 1.165) is 48.9 Å². The first-order chi connectivity index (χ1) is 14.6. The van der Waals surface area contributed by atoms with Crippen molar-refractivity contribution in [2.45, 2.75) is 0 Å². The number of piperazine rings is 1. The monoisotopic (exact) mass is 420 g/mol. The Kier molecular flexibility index (Phi) is 6.21. The van der Waals surface area contributed by atoms with Crippen molar-refractivity contribution >= 4 is 45.2 Å². The van der Waals surface area contributed by atoms with Crippen LogP contribution in [0.15, 0.2) is 66.7 Å². The highest BCUT2D eigenvalue weighted by molar-refractivity contribution is 8.12. The van der Waals surface area contributed by atoms with E-state index in [9.17, 15) is 9.59 Å². The van der Waals surface area contributed by atoms with Crippen molar-refractivity contribution in [2.75, 3.05) is 43.4 Å². The van der Waals surface area contributed by atoms with Gasteiger partial charge in [0.2, 0.25) is 0 Å². The van der Waals surface area contributed by atoms with E-state index in [-0.39, 0.29) is 11.1 Å². The van der Waals surface area contributed by atoms with Crippen LogP contribution < -0.4 is 14.9 Å². The topological polar surface area (TPSA) is 64.7 Å². The van der Waals surface area contributed by atoms with Crippen LogP contribution in [0.3, 0.4) is 0 Å². The number of fused-ring (bicyclic) bond motifs is 1. The lowest BCUT2D eigenvalue weighted by Crippen LogP contribution is -2.44. The number of rotatable bonds is 3. The van der Waals surface area contributed by atoms with E-state index in [1.165, 1.54) is 5.69 Å². The zero-order valence-electron chi connectivity index (χ0n) is 16.8. The van der Waals surface area contributed by atoms with Crippen LogP contribution in [0.5, 0.6) is 0 Å². The Balaban J connectivity index is 1.44. The normalized spacial score (nSPS) is 14.5. The largest absolute Gasteiger partial charge is 0.368 e. The molecular formula is C23H24N4O2S. The Morgan fingerprint density at radius 3 is 2.43 bits per heavy atom. The summed E-state index contributed by atoms with van der Waals surface area (Å²) < 4.78 is 2.58. The van der Waals surface area contributed by atoms with Gasteiger partial charge >= 0.3 is 5.24 Å². The van der Waals surface area contributed by atoms with Gasteiger partial charge in [-0.05, 0) is 42.8 Å². The molecule has 3 aromatic rings. The fourth-order valence-electron chi connectivity index (χ4n) is 3.54. The Morgan fingerprint density at radius 2 is 1.67 bits per heavy atom. The highest BCUT2D eigenvalue weighted by Crippen LogP contribution is 2.30. The van der Waals surface area contributed by atoms with Crippen molar-refractivity contribution in [1.29, 1.82) is 0 Å². The lowest BCUT2D eigenvalue weighted by atomic mass is 10.1. The number of carbonyl (C=O) groups excluding carboxylic acids is 2. The Bertz CT molecular complexity index is 1050. The Morgan fingerprint density at radius 1 is 0.900 bits per heavy atom. The van der Waals surface area contributed by atoms with Crippen LogP contribution >= 0.6 is 11.9 Å². The van der Waals surface area contributed by atoms with Gasteiger partial charge in [0.15, 0.2) is 0 Å². The van der Waals surface area contributed by atoms with Crippen molar-refractivity contribution in [3.63, 3.8) is 0 Å². The summed E-state index contributed by atoms with van der Waals surface area (Å²) in [7, 11) is 2.14. The zero-order valence-corrected chi connectivity index (χ0v) is 17.6. The quantitative estimate of drug-likeness (QED) is 0.622. The molecule has 0 unspecified atom stereocenters. The molecule has 0 spiro atoms. The molecule has 3 aromatic carbocycles. The first-order valence-electron chi connectivity index (χ1n) is 9.89. The van der Waals surface area contributed by atoms with Crippen molar-refractivity contribution in [3.8, 4) is 0 Å². The lowest BCUT2D eigenvalue weighted by Gasteiger charge is -2.34. The minimum atomic E-state index is -0.337. The van der Waals surface area contributed by atoms with Gasteiger partial charge in [-0.2, -0.15) is 0 Å². The molecule has 1 heterocycles. The molecule has 0 bridgehead atoms. The van der Waals surface area contributed by atoms with E-state index in [1.54, 1.807) is 24.3 Å². The minimum Gasteiger partial charge on any atom is -0.368 e. The third-order valence-electron chi connectivity index (χ3n) is 5.22. The number of anilines is 2. The maximum absolute atomic E-state index is 12.3. The number of benzene rings is 3. The fourth-order valence-corrected chi connectivity index (χ4v) is 4.01. The SMILES string of the molecule is CN1CCN(c2cccc3ccc(NC(=O)SNC(=O)c4ccccc4)cc23)CC1. The molecule has 1 saturated heterocycles. The first-order valence-corrected chi connectivity index (χ1v) is 10.7. The average Bonchev–Trinajstić information content (AvgIpc) is 2.78. The molecule has 0 aliphatic carbocycles. The molecule has 6 nitrogen and oxygen atoms in total. The summed E-state index contributed by atoms with van der Waals surface area (Å²) in [5.74, 6) is -0.299. The average molecular weight is 421 g/mol. The molecule has 2 N–H and O–H groups in total. The number of amides is 2. The third kappa shape index (κ3) is 4.75. The van der Waals surface area contributed by atoms with Crippen LogP contribution in [0.25, 0.3) is 10.8 Å². The number of hydrogen-bond acceptors (Lipinski definition) is 5. The maximum Gasteiger partial charge on any atom is 0.304 e. The molecule has 30 heavy (non-hydrogen) atoms. The van der Waals surface area contributed by atoms with Crippen LogP contribution in [0.4, 0.5) is 16.2 Å². The molecule has 154 valence electrons. The molecule has 0 aromatic heterocycles. The summed E-state index contributed by atoms with van der Waals surface area (Å²) in [4.78, 5) is 29.1. The highest BCUT2D eigenvalue weighted by atomic mass is 32.2. The van der Waals surface area contributed by atoms with E-state index in [4.69, 9.17) is 0 Å². The molecule has 0 saturated carbocycles. The van der Waals surface area contributed by atoms with Crippen LogP contribution in [0.2, 0.25) is 0 Å². The Labute approximate surface area is 180 Å². The number of nitrogens with one attached hydrogen (secondary N) is 2. The van der Waals surface area contributed by atoms with Crippen molar-refractivity contribution < 1.29 is 9.59 Å². The van der Waals surface area contributed by atoms with Gasteiger partial charge in [-0.3, -0.25) is 14.3 Å². The molecule has 1 aliphatic heterocycles. The molecule has 1 aliphatic rings. The maximum atomic E-state index is 12.3. The molecular weight excluding hydrogens is 396 g/mol. The molecule has 0 radical (unpaired) electrons. The number of nitrogens with zero attached hydrogens (tertiary/aromatic N) is 2. The van der Waals surface area contributed by atoms with E-state index in [1.807, 2.05) is 24.3 Å². The third-order valence-corrected chi connectivity index (χ3v) is 5.80. The second-order valence-electron chi connectivity index (χ2n) is 7.32. The van der Waals surface area contributed by atoms with Gasteiger partial charge < -0.3 is 15.1 Å². The van der Waals surface area contributed by atoms with Gasteiger partial charge in [-0.1, -0.05) is 36.4 Å². The van der Waals surface area contributed by atoms with E-state index in [0.29, 0.717) is 11.3 Å². The molecule has 4 rings (SSSR count).